The average molecular weight is 297 g/mol. The van der Waals surface area contributed by atoms with Crippen molar-refractivity contribution < 1.29 is 9.21 Å². The minimum atomic E-state index is 0.00850. The van der Waals surface area contributed by atoms with E-state index in [1.54, 1.807) is 12.3 Å². The Kier molecular flexibility index (Phi) is 3.78. The van der Waals surface area contributed by atoms with Crippen LogP contribution in [-0.4, -0.2) is 15.3 Å². The molecular formula is C12H13BrN2O2. The van der Waals surface area contributed by atoms with Gasteiger partial charge in [-0.25, -0.2) is 4.98 Å². The van der Waals surface area contributed by atoms with Crippen LogP contribution >= 0.6 is 15.9 Å². The molecule has 0 N–H and O–H groups in total. The lowest BCUT2D eigenvalue weighted by Gasteiger charge is -2.04. The van der Waals surface area contributed by atoms with E-state index in [4.69, 9.17) is 4.42 Å². The van der Waals surface area contributed by atoms with E-state index >= 15 is 0 Å². The molecule has 0 fully saturated rings. The van der Waals surface area contributed by atoms with Gasteiger partial charge >= 0.3 is 0 Å². The highest BCUT2D eigenvalue weighted by Gasteiger charge is 2.15. The van der Waals surface area contributed by atoms with E-state index in [1.165, 1.54) is 6.26 Å². The molecular weight excluding hydrogens is 284 g/mol. The third kappa shape index (κ3) is 2.66. The summed E-state index contributed by atoms with van der Waals surface area (Å²) >= 11 is 3.21. The lowest BCUT2D eigenvalue weighted by molar-refractivity contribution is 0.0988. The number of aryl methyl sites for hydroxylation is 1. The predicted molar refractivity (Wildman–Crippen MR) is 67.0 cm³/mol. The number of hydrogen-bond donors (Lipinski definition) is 0. The van der Waals surface area contributed by atoms with Crippen LogP contribution in [0.5, 0.6) is 0 Å². The summed E-state index contributed by atoms with van der Waals surface area (Å²) in [6.45, 7) is 2.98. The number of ketones is 1. The number of rotatable bonds is 5. The van der Waals surface area contributed by atoms with E-state index in [9.17, 15) is 4.79 Å². The smallest absolute Gasteiger partial charge is 0.179 e. The Morgan fingerprint density at radius 2 is 2.41 bits per heavy atom. The molecule has 4 nitrogen and oxygen atoms in total. The number of nitrogens with zero attached hydrogens (tertiary/aromatic N) is 2. The minimum Gasteiger partial charge on any atom is -0.457 e. The SMILES string of the molecule is CCCn1ccnc1CC(=O)c1ccoc1Br. The fourth-order valence-electron chi connectivity index (χ4n) is 1.68. The molecule has 0 unspecified atom stereocenters. The van der Waals surface area contributed by atoms with Crippen LogP contribution in [0.3, 0.4) is 0 Å². The maximum absolute atomic E-state index is 12.0. The highest BCUT2D eigenvalue weighted by Crippen LogP contribution is 2.19. The molecule has 0 saturated carbocycles. The van der Waals surface area contributed by atoms with Gasteiger partial charge in [-0.15, -0.1) is 0 Å². The molecule has 0 atom stereocenters. The van der Waals surface area contributed by atoms with Gasteiger partial charge in [0.15, 0.2) is 10.5 Å². The second-order valence-electron chi connectivity index (χ2n) is 3.74. The van der Waals surface area contributed by atoms with Crippen molar-refractivity contribution in [1.29, 1.82) is 0 Å². The van der Waals surface area contributed by atoms with Crippen LogP contribution in [-0.2, 0) is 13.0 Å². The van der Waals surface area contributed by atoms with Gasteiger partial charge in [-0.1, -0.05) is 6.92 Å². The van der Waals surface area contributed by atoms with Crippen LogP contribution in [0.2, 0.25) is 0 Å². The van der Waals surface area contributed by atoms with Gasteiger partial charge < -0.3 is 8.98 Å². The number of furan rings is 1. The highest BCUT2D eigenvalue weighted by molar-refractivity contribution is 9.10. The molecule has 0 aliphatic rings. The molecule has 0 aromatic carbocycles. The zero-order chi connectivity index (χ0) is 12.3. The van der Waals surface area contributed by atoms with Gasteiger partial charge in [0.05, 0.1) is 18.2 Å². The lowest BCUT2D eigenvalue weighted by Crippen LogP contribution is -2.10. The number of carbonyl (C=O) groups excluding carboxylic acids is 1. The standard InChI is InChI=1S/C12H13BrN2O2/c1-2-5-15-6-4-14-11(15)8-10(16)9-3-7-17-12(9)13/h3-4,6-7H,2,5,8H2,1H3. The van der Waals surface area contributed by atoms with Crippen LogP contribution in [0.4, 0.5) is 0 Å². The Labute approximate surface area is 108 Å². The van der Waals surface area contributed by atoms with Crippen molar-refractivity contribution >= 4 is 21.7 Å². The number of imidazole rings is 1. The number of Topliss-reactive ketones (excluding diaryl/α,β-unsaturated/α-hetero) is 1. The maximum Gasteiger partial charge on any atom is 0.179 e. The van der Waals surface area contributed by atoms with Gasteiger partial charge in [-0.2, -0.15) is 0 Å². The fraction of sp³-hybridized carbons (Fsp3) is 0.333. The van der Waals surface area contributed by atoms with E-state index in [2.05, 4.69) is 27.8 Å². The van der Waals surface area contributed by atoms with E-state index in [0.717, 1.165) is 18.8 Å². The summed E-state index contributed by atoms with van der Waals surface area (Å²) in [5.41, 5.74) is 0.566. The first-order chi connectivity index (χ1) is 8.22. The van der Waals surface area contributed by atoms with E-state index in [-0.39, 0.29) is 5.78 Å². The molecule has 0 spiro atoms. The van der Waals surface area contributed by atoms with Crippen molar-refractivity contribution in [2.45, 2.75) is 26.3 Å². The molecule has 0 amide bonds. The lowest BCUT2D eigenvalue weighted by atomic mass is 10.1. The molecule has 2 rings (SSSR count). The highest BCUT2D eigenvalue weighted by atomic mass is 79.9. The monoisotopic (exact) mass is 296 g/mol. The largest absolute Gasteiger partial charge is 0.457 e. The van der Waals surface area contributed by atoms with Crippen LogP contribution < -0.4 is 0 Å². The number of hydrogen-bond acceptors (Lipinski definition) is 3. The Balaban J connectivity index is 2.13. The zero-order valence-electron chi connectivity index (χ0n) is 9.52. The van der Waals surface area contributed by atoms with E-state index in [1.807, 2.05) is 10.8 Å². The zero-order valence-corrected chi connectivity index (χ0v) is 11.1. The molecule has 2 aromatic rings. The summed E-state index contributed by atoms with van der Waals surface area (Å²) in [6, 6.07) is 1.67. The second kappa shape index (κ2) is 5.31. The minimum absolute atomic E-state index is 0.00850. The molecule has 90 valence electrons. The van der Waals surface area contributed by atoms with Gasteiger partial charge in [-0.3, -0.25) is 4.79 Å². The van der Waals surface area contributed by atoms with Crippen molar-refractivity contribution in [3.8, 4) is 0 Å². The summed E-state index contributed by atoms with van der Waals surface area (Å²) in [5.74, 6) is 0.805. The molecule has 2 aromatic heterocycles. The van der Waals surface area contributed by atoms with Gasteiger partial charge in [0.25, 0.3) is 0 Å². The Morgan fingerprint density at radius 1 is 1.59 bits per heavy atom. The first-order valence-electron chi connectivity index (χ1n) is 5.48. The number of halogens is 1. The van der Waals surface area contributed by atoms with Gasteiger partial charge in [0.2, 0.25) is 0 Å². The normalized spacial score (nSPS) is 10.7. The first-order valence-corrected chi connectivity index (χ1v) is 6.28. The summed E-state index contributed by atoms with van der Waals surface area (Å²) in [7, 11) is 0. The summed E-state index contributed by atoms with van der Waals surface area (Å²) in [6.07, 6.45) is 6.44. The molecule has 0 aliphatic heterocycles. The third-order valence-corrected chi connectivity index (χ3v) is 3.12. The molecule has 0 radical (unpaired) electrons. The maximum atomic E-state index is 12.0. The van der Waals surface area contributed by atoms with E-state index in [0.29, 0.717) is 16.7 Å². The van der Waals surface area contributed by atoms with Gasteiger partial charge in [0.1, 0.15) is 5.82 Å². The quantitative estimate of drug-likeness (QED) is 0.797. The van der Waals surface area contributed by atoms with Crippen LogP contribution in [0.25, 0.3) is 0 Å². The van der Waals surface area contributed by atoms with E-state index < -0.39 is 0 Å². The van der Waals surface area contributed by atoms with Crippen molar-refractivity contribution in [2.24, 2.45) is 0 Å². The Bertz CT molecular complexity index is 516. The fourth-order valence-corrected chi connectivity index (χ4v) is 2.15. The van der Waals surface area contributed by atoms with Gasteiger partial charge in [0, 0.05) is 18.9 Å². The summed E-state index contributed by atoms with van der Waals surface area (Å²) < 4.78 is 7.54. The molecule has 2 heterocycles. The van der Waals surface area contributed by atoms with Gasteiger partial charge in [-0.05, 0) is 28.4 Å². The predicted octanol–water partition coefficient (Wildman–Crippen LogP) is 3.07. The average Bonchev–Trinajstić information content (AvgIpc) is 2.89. The Hall–Kier alpha value is -1.36. The van der Waals surface area contributed by atoms with Crippen LogP contribution in [0.15, 0.2) is 33.8 Å². The van der Waals surface area contributed by atoms with Crippen LogP contribution in [0.1, 0.15) is 29.5 Å². The Morgan fingerprint density at radius 3 is 3.06 bits per heavy atom. The number of aromatic nitrogens is 2. The third-order valence-electron chi connectivity index (χ3n) is 2.50. The molecule has 0 bridgehead atoms. The van der Waals surface area contributed by atoms with Crippen molar-refractivity contribution in [1.82, 2.24) is 9.55 Å². The molecule has 17 heavy (non-hydrogen) atoms. The van der Waals surface area contributed by atoms with Crippen molar-refractivity contribution in [2.75, 3.05) is 0 Å². The molecule has 5 heteroatoms. The summed E-state index contributed by atoms with van der Waals surface area (Å²) in [5, 5.41) is 0. The first kappa shape index (κ1) is 12.1. The van der Waals surface area contributed by atoms with Crippen LogP contribution in [0, 0.1) is 0 Å². The second-order valence-corrected chi connectivity index (χ2v) is 4.47. The molecule has 0 saturated heterocycles. The number of carbonyl (C=O) groups is 1. The van der Waals surface area contributed by atoms with Crippen molar-refractivity contribution in [3.05, 3.63) is 40.8 Å². The molecule has 0 aliphatic carbocycles. The summed E-state index contributed by atoms with van der Waals surface area (Å²) in [4.78, 5) is 16.2. The van der Waals surface area contributed by atoms with Crippen molar-refractivity contribution in [3.63, 3.8) is 0 Å². The topological polar surface area (TPSA) is 48.0 Å².